The predicted octanol–water partition coefficient (Wildman–Crippen LogP) is 1.23. The standard InChI is InChI=1S/C19H34O11Si/c1-19(2,3)31(4,5)30-12(6-10(20)8-13(15(22)23)16(24)25)7-11(21)9-14(17(26)27)18(28)29/h10-14,20-21H,6-9H2,1-5H3,(H,22,23)(H,24,25)(H,26,27)(H,28,29)/t10-,11-/m1/s1. The average molecular weight is 467 g/mol. The topological polar surface area (TPSA) is 199 Å². The minimum atomic E-state index is -2.46. The van der Waals surface area contributed by atoms with Gasteiger partial charge in [-0.15, -0.1) is 0 Å². The number of carboxylic acids is 4. The lowest BCUT2D eigenvalue weighted by atomic mass is 9.93. The zero-order chi connectivity index (χ0) is 24.7. The van der Waals surface area contributed by atoms with Gasteiger partial charge in [-0.1, -0.05) is 20.8 Å². The molecule has 180 valence electrons. The van der Waals surface area contributed by atoms with Gasteiger partial charge in [0.2, 0.25) is 0 Å². The van der Waals surface area contributed by atoms with Gasteiger partial charge in [-0.3, -0.25) is 19.2 Å². The van der Waals surface area contributed by atoms with Gasteiger partial charge >= 0.3 is 23.9 Å². The molecule has 31 heavy (non-hydrogen) atoms. The van der Waals surface area contributed by atoms with Crippen molar-refractivity contribution >= 4 is 32.2 Å². The molecule has 0 fully saturated rings. The van der Waals surface area contributed by atoms with Crippen LogP contribution in [0.5, 0.6) is 0 Å². The van der Waals surface area contributed by atoms with Crippen molar-refractivity contribution in [1.82, 2.24) is 0 Å². The third-order valence-corrected chi connectivity index (χ3v) is 10.1. The smallest absolute Gasteiger partial charge is 0.317 e. The van der Waals surface area contributed by atoms with Crippen molar-refractivity contribution in [3.05, 3.63) is 0 Å². The number of hydrogen-bond acceptors (Lipinski definition) is 7. The minimum absolute atomic E-state index is 0.203. The van der Waals surface area contributed by atoms with E-state index in [1.807, 2.05) is 33.9 Å². The van der Waals surface area contributed by atoms with Crippen LogP contribution in [-0.2, 0) is 23.6 Å². The highest BCUT2D eigenvalue weighted by atomic mass is 28.4. The molecule has 0 aromatic heterocycles. The Bertz CT molecular complexity index is 586. The van der Waals surface area contributed by atoms with Crippen LogP contribution >= 0.6 is 0 Å². The highest BCUT2D eigenvalue weighted by molar-refractivity contribution is 6.74. The number of carbonyl (C=O) groups is 4. The van der Waals surface area contributed by atoms with Gasteiger partial charge in [-0.25, -0.2) is 0 Å². The fraction of sp³-hybridized carbons (Fsp3) is 0.789. The Hall–Kier alpha value is -2.02. The van der Waals surface area contributed by atoms with Crippen molar-refractivity contribution in [2.75, 3.05) is 0 Å². The molecule has 0 aliphatic rings. The number of aliphatic hydroxyl groups excluding tert-OH is 2. The zero-order valence-electron chi connectivity index (χ0n) is 18.4. The molecule has 0 saturated heterocycles. The molecule has 0 saturated carbocycles. The predicted molar refractivity (Wildman–Crippen MR) is 110 cm³/mol. The highest BCUT2D eigenvalue weighted by Gasteiger charge is 2.41. The number of rotatable bonds is 14. The molecule has 0 bridgehead atoms. The first-order chi connectivity index (χ1) is 13.9. The molecule has 0 spiro atoms. The first-order valence-electron chi connectivity index (χ1n) is 9.84. The Morgan fingerprint density at radius 2 is 1.00 bits per heavy atom. The normalized spacial score (nSPS) is 14.6. The maximum absolute atomic E-state index is 11.1. The van der Waals surface area contributed by atoms with Crippen LogP contribution in [0.15, 0.2) is 0 Å². The summed E-state index contributed by atoms with van der Waals surface area (Å²) in [6.45, 7) is 9.62. The Morgan fingerprint density at radius 1 is 0.710 bits per heavy atom. The lowest BCUT2D eigenvalue weighted by Crippen LogP contribution is -2.46. The van der Waals surface area contributed by atoms with E-state index in [1.54, 1.807) is 0 Å². The van der Waals surface area contributed by atoms with Crippen molar-refractivity contribution in [1.29, 1.82) is 0 Å². The van der Waals surface area contributed by atoms with Crippen molar-refractivity contribution in [3.8, 4) is 0 Å². The Morgan fingerprint density at radius 3 is 1.23 bits per heavy atom. The number of carboxylic acid groups (broad SMARTS) is 4. The molecular weight excluding hydrogens is 432 g/mol. The van der Waals surface area contributed by atoms with Crippen LogP contribution < -0.4 is 0 Å². The second-order valence-corrected chi connectivity index (χ2v) is 14.0. The summed E-state index contributed by atoms with van der Waals surface area (Å²) in [4.78, 5) is 44.3. The van der Waals surface area contributed by atoms with E-state index >= 15 is 0 Å². The van der Waals surface area contributed by atoms with E-state index in [-0.39, 0.29) is 17.9 Å². The van der Waals surface area contributed by atoms with E-state index in [2.05, 4.69) is 0 Å². The lowest BCUT2D eigenvalue weighted by Gasteiger charge is -2.40. The second-order valence-electron chi connectivity index (χ2n) is 9.21. The SMILES string of the molecule is CC(C)(C)[Si](C)(C)OC(C[C@@H](O)CC(C(=O)O)C(=O)O)C[C@@H](O)CC(C(=O)O)C(=O)O. The van der Waals surface area contributed by atoms with Gasteiger partial charge in [0.05, 0.1) is 12.2 Å². The lowest BCUT2D eigenvalue weighted by molar-refractivity contribution is -0.157. The fourth-order valence-electron chi connectivity index (χ4n) is 2.74. The highest BCUT2D eigenvalue weighted by Crippen LogP contribution is 2.38. The largest absolute Gasteiger partial charge is 0.481 e. The number of aliphatic hydroxyl groups is 2. The summed E-state index contributed by atoms with van der Waals surface area (Å²) in [6, 6.07) is 0. The van der Waals surface area contributed by atoms with E-state index in [9.17, 15) is 29.4 Å². The van der Waals surface area contributed by atoms with Gasteiger partial charge in [-0.2, -0.15) is 0 Å². The maximum atomic E-state index is 11.1. The van der Waals surface area contributed by atoms with Crippen LogP contribution in [0.2, 0.25) is 18.1 Å². The van der Waals surface area contributed by atoms with Crippen LogP contribution in [0.4, 0.5) is 0 Å². The van der Waals surface area contributed by atoms with E-state index in [0.717, 1.165) is 0 Å². The maximum Gasteiger partial charge on any atom is 0.317 e. The van der Waals surface area contributed by atoms with E-state index < -0.39 is 75.2 Å². The molecule has 2 atom stereocenters. The van der Waals surface area contributed by atoms with Crippen molar-refractivity contribution in [2.45, 2.75) is 82.9 Å². The minimum Gasteiger partial charge on any atom is -0.481 e. The summed E-state index contributed by atoms with van der Waals surface area (Å²) < 4.78 is 6.18. The molecule has 0 aliphatic carbocycles. The van der Waals surface area contributed by atoms with Crippen LogP contribution in [0.1, 0.15) is 46.5 Å². The van der Waals surface area contributed by atoms with Crippen molar-refractivity contribution < 1.29 is 54.2 Å². The number of aliphatic carboxylic acids is 4. The molecule has 12 heteroatoms. The average Bonchev–Trinajstić information content (AvgIpc) is 2.54. The first kappa shape index (κ1) is 29.0. The monoisotopic (exact) mass is 466 g/mol. The Labute approximate surface area is 181 Å². The second kappa shape index (κ2) is 11.6. The van der Waals surface area contributed by atoms with Gasteiger partial charge in [0.1, 0.15) is 0 Å². The van der Waals surface area contributed by atoms with E-state index in [1.165, 1.54) is 0 Å². The van der Waals surface area contributed by atoms with Crippen LogP contribution in [0, 0.1) is 11.8 Å². The Balaban J connectivity index is 5.50. The van der Waals surface area contributed by atoms with Crippen molar-refractivity contribution in [3.63, 3.8) is 0 Å². The summed E-state index contributed by atoms with van der Waals surface area (Å²) in [5.74, 6) is -10.0. The van der Waals surface area contributed by atoms with Gasteiger partial charge in [0.15, 0.2) is 20.2 Å². The molecule has 0 rings (SSSR count). The van der Waals surface area contributed by atoms with Crippen LogP contribution in [0.25, 0.3) is 0 Å². The van der Waals surface area contributed by atoms with E-state index in [0.29, 0.717) is 0 Å². The zero-order valence-corrected chi connectivity index (χ0v) is 19.4. The summed E-state index contributed by atoms with van der Waals surface area (Å²) >= 11 is 0. The summed E-state index contributed by atoms with van der Waals surface area (Å²) in [5, 5.41) is 56.3. The van der Waals surface area contributed by atoms with Gasteiger partial charge < -0.3 is 35.1 Å². The molecule has 0 amide bonds. The fourth-order valence-corrected chi connectivity index (χ4v) is 4.12. The van der Waals surface area contributed by atoms with Crippen molar-refractivity contribution in [2.24, 2.45) is 11.8 Å². The van der Waals surface area contributed by atoms with Gasteiger partial charge in [0, 0.05) is 6.10 Å². The van der Waals surface area contributed by atoms with Gasteiger partial charge in [-0.05, 0) is 43.8 Å². The van der Waals surface area contributed by atoms with Crippen LogP contribution in [-0.4, -0.2) is 81.1 Å². The molecule has 0 aromatic carbocycles. The van der Waals surface area contributed by atoms with Gasteiger partial charge in [0.25, 0.3) is 0 Å². The summed E-state index contributed by atoms with van der Waals surface area (Å²) in [5.41, 5.74) is 0. The molecule has 6 N–H and O–H groups in total. The molecule has 0 aromatic rings. The van der Waals surface area contributed by atoms with E-state index in [4.69, 9.17) is 24.9 Å². The quantitative estimate of drug-likeness (QED) is 0.159. The third kappa shape index (κ3) is 9.76. The summed E-state index contributed by atoms with van der Waals surface area (Å²) in [7, 11) is -2.46. The third-order valence-electron chi connectivity index (χ3n) is 5.55. The molecule has 0 aliphatic heterocycles. The Kier molecular flexibility index (Phi) is 10.8. The molecule has 11 nitrogen and oxygen atoms in total. The molecule has 0 heterocycles. The number of hydrogen-bond donors (Lipinski definition) is 6. The molecule has 0 unspecified atom stereocenters. The molecular formula is C19H34O11Si. The first-order valence-corrected chi connectivity index (χ1v) is 12.7. The summed E-state index contributed by atoms with van der Waals surface area (Å²) in [6.07, 6.45) is -5.19. The van der Waals surface area contributed by atoms with Crippen LogP contribution in [0.3, 0.4) is 0 Å². The molecule has 0 radical (unpaired) electrons.